The standard InChI is InChI=1S/C12H22O/c1-5-11(4)12(9-13)8-6-7-10(2)3/h8-11H,5-7H2,1-4H3/b12-8+. The fourth-order valence-corrected chi connectivity index (χ4v) is 1.18. The van der Waals surface area contributed by atoms with Gasteiger partial charge in [-0.2, -0.15) is 0 Å². The summed E-state index contributed by atoms with van der Waals surface area (Å²) in [6.45, 7) is 8.63. The van der Waals surface area contributed by atoms with Crippen molar-refractivity contribution in [3.63, 3.8) is 0 Å². The molecule has 13 heavy (non-hydrogen) atoms. The lowest BCUT2D eigenvalue weighted by Gasteiger charge is -2.08. The molecule has 76 valence electrons. The molecule has 0 spiro atoms. The molecule has 0 rings (SSSR count). The van der Waals surface area contributed by atoms with E-state index >= 15 is 0 Å². The van der Waals surface area contributed by atoms with Crippen molar-refractivity contribution in [2.75, 3.05) is 0 Å². The number of carbonyl (C=O) groups is 1. The topological polar surface area (TPSA) is 17.1 Å². The van der Waals surface area contributed by atoms with Gasteiger partial charge in [0.2, 0.25) is 0 Å². The van der Waals surface area contributed by atoms with Gasteiger partial charge in [0, 0.05) is 0 Å². The largest absolute Gasteiger partial charge is 0.298 e. The maximum Gasteiger partial charge on any atom is 0.145 e. The van der Waals surface area contributed by atoms with E-state index in [2.05, 4.69) is 33.8 Å². The Bertz CT molecular complexity index is 168. The minimum atomic E-state index is 0.421. The van der Waals surface area contributed by atoms with E-state index in [-0.39, 0.29) is 0 Å². The molecule has 1 unspecified atom stereocenters. The molecule has 0 aliphatic carbocycles. The molecule has 0 aromatic heterocycles. The van der Waals surface area contributed by atoms with Gasteiger partial charge in [-0.05, 0) is 36.7 Å². The van der Waals surface area contributed by atoms with Crippen LogP contribution in [-0.4, -0.2) is 6.29 Å². The number of hydrogen-bond donors (Lipinski definition) is 0. The molecule has 1 atom stereocenters. The van der Waals surface area contributed by atoms with Crippen LogP contribution in [0.4, 0.5) is 0 Å². The molecular formula is C12H22O. The van der Waals surface area contributed by atoms with Gasteiger partial charge in [0.15, 0.2) is 0 Å². The van der Waals surface area contributed by atoms with Crippen LogP contribution in [0.5, 0.6) is 0 Å². The van der Waals surface area contributed by atoms with Crippen molar-refractivity contribution in [2.45, 2.75) is 47.0 Å². The summed E-state index contributed by atoms with van der Waals surface area (Å²) in [6.07, 6.45) is 6.37. The highest BCUT2D eigenvalue weighted by Gasteiger charge is 2.04. The second-order valence-electron chi connectivity index (χ2n) is 4.10. The van der Waals surface area contributed by atoms with E-state index in [1.165, 1.54) is 6.42 Å². The lowest BCUT2D eigenvalue weighted by Crippen LogP contribution is -1.99. The predicted octanol–water partition coefficient (Wildman–Crippen LogP) is 3.59. The van der Waals surface area contributed by atoms with E-state index in [1.807, 2.05) is 0 Å². The zero-order chi connectivity index (χ0) is 10.3. The Labute approximate surface area is 82.2 Å². The van der Waals surface area contributed by atoms with Gasteiger partial charge >= 0.3 is 0 Å². The summed E-state index contributed by atoms with van der Waals surface area (Å²) in [6, 6.07) is 0. The van der Waals surface area contributed by atoms with Crippen molar-refractivity contribution in [2.24, 2.45) is 11.8 Å². The van der Waals surface area contributed by atoms with E-state index in [0.717, 1.165) is 30.6 Å². The fourth-order valence-electron chi connectivity index (χ4n) is 1.18. The van der Waals surface area contributed by atoms with Gasteiger partial charge in [-0.3, -0.25) is 4.79 Å². The highest BCUT2D eigenvalue weighted by molar-refractivity contribution is 5.73. The van der Waals surface area contributed by atoms with E-state index in [1.54, 1.807) is 0 Å². The second kappa shape index (κ2) is 6.88. The molecule has 0 fully saturated rings. The highest BCUT2D eigenvalue weighted by atomic mass is 16.1. The molecule has 0 bridgehead atoms. The Morgan fingerprint density at radius 2 is 1.92 bits per heavy atom. The molecule has 0 N–H and O–H groups in total. The van der Waals surface area contributed by atoms with Crippen molar-refractivity contribution in [1.82, 2.24) is 0 Å². The van der Waals surface area contributed by atoms with Gasteiger partial charge in [0.1, 0.15) is 6.29 Å². The molecular weight excluding hydrogens is 160 g/mol. The molecule has 0 radical (unpaired) electrons. The van der Waals surface area contributed by atoms with E-state index in [0.29, 0.717) is 5.92 Å². The first-order valence-corrected chi connectivity index (χ1v) is 5.27. The first kappa shape index (κ1) is 12.4. The minimum absolute atomic E-state index is 0.421. The van der Waals surface area contributed by atoms with Gasteiger partial charge in [-0.25, -0.2) is 0 Å². The lowest BCUT2D eigenvalue weighted by molar-refractivity contribution is -0.105. The van der Waals surface area contributed by atoms with Crippen molar-refractivity contribution >= 4 is 6.29 Å². The molecule has 0 heterocycles. The maximum absolute atomic E-state index is 10.7. The average Bonchev–Trinajstić information content (AvgIpc) is 2.11. The molecule has 0 amide bonds. The summed E-state index contributed by atoms with van der Waals surface area (Å²) >= 11 is 0. The van der Waals surface area contributed by atoms with Gasteiger partial charge in [0.05, 0.1) is 0 Å². The molecule has 0 aromatic rings. The molecule has 0 saturated carbocycles. The number of carbonyl (C=O) groups excluding carboxylic acids is 1. The predicted molar refractivity (Wildman–Crippen MR) is 57.7 cm³/mol. The number of rotatable bonds is 6. The number of allylic oxidation sites excluding steroid dienone is 2. The van der Waals surface area contributed by atoms with Crippen LogP contribution in [0.2, 0.25) is 0 Å². The Balaban J connectivity index is 3.99. The third-order valence-electron chi connectivity index (χ3n) is 2.44. The summed E-state index contributed by atoms with van der Waals surface area (Å²) < 4.78 is 0. The molecule has 0 aromatic carbocycles. The zero-order valence-corrected chi connectivity index (χ0v) is 9.34. The third-order valence-corrected chi connectivity index (χ3v) is 2.44. The van der Waals surface area contributed by atoms with Gasteiger partial charge in [-0.15, -0.1) is 0 Å². The zero-order valence-electron chi connectivity index (χ0n) is 9.34. The summed E-state index contributed by atoms with van der Waals surface area (Å²) in [5.41, 5.74) is 0.975. The quantitative estimate of drug-likeness (QED) is 0.453. The SMILES string of the molecule is CCC(C)/C(C=O)=C/CCC(C)C. The van der Waals surface area contributed by atoms with Crippen LogP contribution in [0.25, 0.3) is 0 Å². The smallest absolute Gasteiger partial charge is 0.145 e. The Morgan fingerprint density at radius 3 is 2.31 bits per heavy atom. The summed E-state index contributed by atoms with van der Waals surface area (Å²) in [5.74, 6) is 1.14. The summed E-state index contributed by atoms with van der Waals surface area (Å²) in [4.78, 5) is 10.7. The van der Waals surface area contributed by atoms with Gasteiger partial charge in [-0.1, -0.05) is 33.8 Å². The van der Waals surface area contributed by atoms with E-state index in [9.17, 15) is 4.79 Å². The van der Waals surface area contributed by atoms with Crippen LogP contribution >= 0.6 is 0 Å². The van der Waals surface area contributed by atoms with Crippen molar-refractivity contribution in [1.29, 1.82) is 0 Å². The lowest BCUT2D eigenvalue weighted by atomic mass is 9.97. The maximum atomic E-state index is 10.7. The summed E-state index contributed by atoms with van der Waals surface area (Å²) in [5, 5.41) is 0. The summed E-state index contributed by atoms with van der Waals surface area (Å²) in [7, 11) is 0. The molecule has 0 aliphatic heterocycles. The van der Waals surface area contributed by atoms with E-state index < -0.39 is 0 Å². The number of aldehydes is 1. The van der Waals surface area contributed by atoms with Gasteiger partial charge < -0.3 is 0 Å². The first-order chi connectivity index (χ1) is 6.11. The Kier molecular flexibility index (Phi) is 6.56. The normalized spacial score (nSPS) is 14.7. The average molecular weight is 182 g/mol. The molecule has 0 saturated heterocycles. The van der Waals surface area contributed by atoms with Crippen LogP contribution in [0.15, 0.2) is 11.6 Å². The van der Waals surface area contributed by atoms with Crippen LogP contribution in [0.3, 0.4) is 0 Å². The monoisotopic (exact) mass is 182 g/mol. The highest BCUT2D eigenvalue weighted by Crippen LogP contribution is 2.14. The van der Waals surface area contributed by atoms with E-state index in [4.69, 9.17) is 0 Å². The van der Waals surface area contributed by atoms with Crippen molar-refractivity contribution in [3.8, 4) is 0 Å². The molecule has 1 heteroatoms. The van der Waals surface area contributed by atoms with Crippen LogP contribution < -0.4 is 0 Å². The van der Waals surface area contributed by atoms with Gasteiger partial charge in [0.25, 0.3) is 0 Å². The molecule has 1 nitrogen and oxygen atoms in total. The second-order valence-corrected chi connectivity index (χ2v) is 4.10. The third kappa shape index (κ3) is 5.62. The van der Waals surface area contributed by atoms with Crippen molar-refractivity contribution < 1.29 is 4.79 Å². The Hall–Kier alpha value is -0.590. The first-order valence-electron chi connectivity index (χ1n) is 5.27. The van der Waals surface area contributed by atoms with Crippen molar-refractivity contribution in [3.05, 3.63) is 11.6 Å². The number of hydrogen-bond acceptors (Lipinski definition) is 1. The minimum Gasteiger partial charge on any atom is -0.298 e. The van der Waals surface area contributed by atoms with Crippen LogP contribution in [-0.2, 0) is 4.79 Å². The van der Waals surface area contributed by atoms with Crippen LogP contribution in [0, 0.1) is 11.8 Å². The van der Waals surface area contributed by atoms with Crippen LogP contribution in [0.1, 0.15) is 47.0 Å². The fraction of sp³-hybridized carbons (Fsp3) is 0.750. The molecule has 0 aliphatic rings. The Morgan fingerprint density at radius 1 is 1.31 bits per heavy atom.